The summed E-state index contributed by atoms with van der Waals surface area (Å²) in [6.45, 7) is 13.6. The lowest BCUT2D eigenvalue weighted by molar-refractivity contribution is -0.155. The van der Waals surface area contributed by atoms with E-state index in [1.165, 1.54) is 0 Å². The number of hydrogen-bond acceptors (Lipinski definition) is 5. The van der Waals surface area contributed by atoms with Crippen LogP contribution in [0, 0.1) is 10.8 Å². The van der Waals surface area contributed by atoms with Crippen LogP contribution in [0.15, 0.2) is 12.2 Å². The molecule has 0 bridgehead atoms. The highest BCUT2D eigenvalue weighted by Crippen LogP contribution is 2.39. The first-order chi connectivity index (χ1) is 8.49. The summed E-state index contributed by atoms with van der Waals surface area (Å²) in [7, 11) is -2.40. The van der Waals surface area contributed by atoms with E-state index in [9.17, 15) is 4.79 Å². The van der Waals surface area contributed by atoms with Crippen LogP contribution in [-0.2, 0) is 14.1 Å². The molecular formula is C13H25O5P. The summed E-state index contributed by atoms with van der Waals surface area (Å²) in [6.07, 6.45) is 0.627. The molecule has 1 atom stereocenters. The van der Waals surface area contributed by atoms with Gasteiger partial charge >= 0.3 is 14.6 Å². The van der Waals surface area contributed by atoms with Gasteiger partial charge in [0.15, 0.2) is 0 Å². The quantitative estimate of drug-likeness (QED) is 0.326. The van der Waals surface area contributed by atoms with Crippen LogP contribution in [0.4, 0.5) is 0 Å². The van der Waals surface area contributed by atoms with Crippen molar-refractivity contribution in [2.45, 2.75) is 41.0 Å². The van der Waals surface area contributed by atoms with E-state index in [1.807, 2.05) is 13.8 Å². The first-order valence-electron chi connectivity index (χ1n) is 6.13. The van der Waals surface area contributed by atoms with Crippen LogP contribution in [0.25, 0.3) is 0 Å². The molecule has 5 nitrogen and oxygen atoms in total. The van der Waals surface area contributed by atoms with Crippen molar-refractivity contribution in [1.82, 2.24) is 0 Å². The van der Waals surface area contributed by atoms with Gasteiger partial charge in [-0.25, -0.2) is 0 Å². The average molecular weight is 292 g/mol. The lowest BCUT2D eigenvalue weighted by Crippen LogP contribution is -2.35. The topological polar surface area (TPSA) is 76.0 Å². The Morgan fingerprint density at radius 2 is 1.74 bits per heavy atom. The molecule has 0 radical (unpaired) electrons. The second-order valence-electron chi connectivity index (χ2n) is 6.07. The van der Waals surface area contributed by atoms with E-state index in [2.05, 4.69) is 31.9 Å². The van der Waals surface area contributed by atoms with Crippen molar-refractivity contribution in [2.75, 3.05) is 13.2 Å². The molecule has 0 aliphatic rings. The smallest absolute Gasteiger partial charge is 0.327 e. The molecule has 6 heteroatoms. The maximum atomic E-state index is 12.2. The molecule has 1 unspecified atom stereocenters. The van der Waals surface area contributed by atoms with Crippen molar-refractivity contribution in [3.05, 3.63) is 12.2 Å². The molecule has 2 N–H and O–H groups in total. The Kier molecular flexibility index (Phi) is 7.16. The van der Waals surface area contributed by atoms with E-state index in [0.717, 1.165) is 5.57 Å². The van der Waals surface area contributed by atoms with Gasteiger partial charge in [-0.1, -0.05) is 32.9 Å². The zero-order valence-corrected chi connectivity index (χ0v) is 13.3. The number of rotatable bonds is 7. The van der Waals surface area contributed by atoms with Crippen molar-refractivity contribution in [1.29, 1.82) is 0 Å². The fraction of sp³-hybridized carbons (Fsp3) is 0.769. The Bertz CT molecular complexity index is 321. The van der Waals surface area contributed by atoms with Gasteiger partial charge in [0.25, 0.3) is 0 Å². The Labute approximate surface area is 116 Å². The Hall–Kier alpha value is -0.480. The summed E-state index contributed by atoms with van der Waals surface area (Å²) in [5.74, 6) is -0.362. The van der Waals surface area contributed by atoms with Gasteiger partial charge in [0.05, 0.1) is 12.0 Å². The van der Waals surface area contributed by atoms with Crippen LogP contribution in [-0.4, -0.2) is 29.0 Å². The lowest BCUT2D eigenvalue weighted by Gasteiger charge is -2.34. The highest BCUT2D eigenvalue weighted by atomic mass is 31.2. The third-order valence-electron chi connectivity index (χ3n) is 2.80. The number of esters is 1. The van der Waals surface area contributed by atoms with Crippen LogP contribution in [0.1, 0.15) is 41.0 Å². The minimum absolute atomic E-state index is 0.00814. The molecule has 0 fully saturated rings. The van der Waals surface area contributed by atoms with Gasteiger partial charge in [0.2, 0.25) is 0 Å². The molecule has 0 aliphatic heterocycles. The highest BCUT2D eigenvalue weighted by Gasteiger charge is 2.39. The van der Waals surface area contributed by atoms with Crippen LogP contribution >= 0.6 is 8.60 Å². The average Bonchev–Trinajstić information content (AvgIpc) is 2.20. The molecule has 0 aromatic rings. The van der Waals surface area contributed by atoms with Gasteiger partial charge in [0.1, 0.15) is 6.61 Å². The van der Waals surface area contributed by atoms with Crippen LogP contribution < -0.4 is 0 Å². The Balaban J connectivity index is 4.54. The highest BCUT2D eigenvalue weighted by molar-refractivity contribution is 7.39. The summed E-state index contributed by atoms with van der Waals surface area (Å²) >= 11 is 0. The molecule has 112 valence electrons. The third-order valence-corrected chi connectivity index (χ3v) is 3.21. The number of ether oxygens (including phenoxy) is 1. The minimum Gasteiger partial charge on any atom is -0.463 e. The van der Waals surface area contributed by atoms with Crippen molar-refractivity contribution in [2.24, 2.45) is 10.8 Å². The molecule has 0 aromatic heterocycles. The maximum Gasteiger partial charge on any atom is 0.327 e. The van der Waals surface area contributed by atoms with E-state index in [1.54, 1.807) is 0 Å². The molecule has 0 heterocycles. The molecule has 0 rings (SSSR count). The van der Waals surface area contributed by atoms with Gasteiger partial charge in [0, 0.05) is 0 Å². The summed E-state index contributed by atoms with van der Waals surface area (Å²) in [5.41, 5.74) is -0.0327. The van der Waals surface area contributed by atoms with E-state index in [0.29, 0.717) is 6.42 Å². The molecule has 0 aromatic carbocycles. The second-order valence-corrected chi connectivity index (χ2v) is 6.84. The molecular weight excluding hydrogens is 267 g/mol. The number of carbonyl (C=O) groups is 1. The first kappa shape index (κ1) is 18.5. The van der Waals surface area contributed by atoms with Crippen LogP contribution in [0.3, 0.4) is 0 Å². The predicted molar refractivity (Wildman–Crippen MR) is 75.3 cm³/mol. The lowest BCUT2D eigenvalue weighted by atomic mass is 9.71. The fourth-order valence-electron chi connectivity index (χ4n) is 1.87. The van der Waals surface area contributed by atoms with Crippen LogP contribution in [0.5, 0.6) is 0 Å². The van der Waals surface area contributed by atoms with E-state index < -0.39 is 14.0 Å². The summed E-state index contributed by atoms with van der Waals surface area (Å²) in [5, 5.41) is 0. The second kappa shape index (κ2) is 7.34. The standard InChI is InChI=1S/C13H25O5P/c1-10(2)13(6,9-12(3,4)5)11(14)17-7-8-18-19(15)16/h15-16H,1,7-9H2,2-6H3. The molecule has 0 saturated heterocycles. The molecule has 0 amide bonds. The maximum absolute atomic E-state index is 12.2. The normalized spacial score (nSPS) is 15.2. The predicted octanol–water partition coefficient (Wildman–Crippen LogP) is 2.78. The van der Waals surface area contributed by atoms with Gasteiger partial charge in [-0.15, -0.1) is 0 Å². The van der Waals surface area contributed by atoms with Gasteiger partial charge in [-0.3, -0.25) is 4.79 Å². The fourth-order valence-corrected chi connectivity index (χ4v) is 2.11. The molecule has 0 saturated carbocycles. The first-order valence-corrected chi connectivity index (χ1v) is 7.29. The number of carbonyl (C=O) groups excluding carboxylic acids is 1. The molecule has 19 heavy (non-hydrogen) atoms. The summed E-state index contributed by atoms with van der Waals surface area (Å²) in [4.78, 5) is 29.3. The molecule has 0 aliphatic carbocycles. The van der Waals surface area contributed by atoms with Crippen molar-refractivity contribution in [3.63, 3.8) is 0 Å². The number of hydrogen-bond donors (Lipinski definition) is 2. The van der Waals surface area contributed by atoms with Gasteiger partial charge in [-0.2, -0.15) is 0 Å². The largest absolute Gasteiger partial charge is 0.463 e. The SMILES string of the molecule is C=C(C)C(C)(CC(C)(C)C)C(=O)OCCOP(O)O. The monoisotopic (exact) mass is 292 g/mol. The van der Waals surface area contributed by atoms with E-state index in [4.69, 9.17) is 14.5 Å². The van der Waals surface area contributed by atoms with Crippen molar-refractivity contribution >= 4 is 14.6 Å². The Morgan fingerprint density at radius 1 is 1.21 bits per heavy atom. The van der Waals surface area contributed by atoms with Crippen LogP contribution in [0.2, 0.25) is 0 Å². The van der Waals surface area contributed by atoms with Gasteiger partial charge in [-0.05, 0) is 25.7 Å². The summed E-state index contributed by atoms with van der Waals surface area (Å²) in [6, 6.07) is 0. The third kappa shape index (κ3) is 7.02. The summed E-state index contributed by atoms with van der Waals surface area (Å²) < 4.78 is 9.67. The Morgan fingerprint density at radius 3 is 2.11 bits per heavy atom. The zero-order valence-electron chi connectivity index (χ0n) is 12.4. The van der Waals surface area contributed by atoms with Crippen molar-refractivity contribution in [3.8, 4) is 0 Å². The minimum atomic E-state index is -2.40. The zero-order chi connectivity index (χ0) is 15.3. The van der Waals surface area contributed by atoms with E-state index >= 15 is 0 Å². The van der Waals surface area contributed by atoms with E-state index in [-0.39, 0.29) is 24.6 Å². The van der Waals surface area contributed by atoms with Crippen molar-refractivity contribution < 1.29 is 23.8 Å². The molecule has 0 spiro atoms. The van der Waals surface area contributed by atoms with Gasteiger partial charge < -0.3 is 19.0 Å².